The third-order valence-corrected chi connectivity index (χ3v) is 8.82. The Balaban J connectivity index is 2.08. The highest BCUT2D eigenvalue weighted by atomic mass is 32.2. The predicted molar refractivity (Wildman–Crippen MR) is 160 cm³/mol. The molecule has 10 heteroatoms. The number of sulfonamides is 1. The van der Waals surface area contributed by atoms with Crippen molar-refractivity contribution in [1.29, 1.82) is 0 Å². The number of para-hydroxylation sites is 2. The van der Waals surface area contributed by atoms with Crippen LogP contribution in [-0.4, -0.2) is 58.0 Å². The van der Waals surface area contributed by atoms with Crippen molar-refractivity contribution in [2.75, 3.05) is 25.1 Å². The molecule has 0 heterocycles. The van der Waals surface area contributed by atoms with Gasteiger partial charge in [-0.05, 0) is 74.7 Å². The number of carbonyl (C=O) groups excluding carboxylic acids is 2. The highest BCUT2D eigenvalue weighted by Gasteiger charge is 2.34. The number of nitrogens with zero attached hydrogens (tertiary/aromatic N) is 2. The van der Waals surface area contributed by atoms with Crippen LogP contribution in [0.15, 0.2) is 77.7 Å². The molecule has 0 radical (unpaired) electrons. The summed E-state index contributed by atoms with van der Waals surface area (Å²) in [7, 11) is -1.31. The van der Waals surface area contributed by atoms with Crippen LogP contribution >= 0.6 is 0 Å². The summed E-state index contributed by atoms with van der Waals surface area (Å²) in [6.07, 6.45) is 0.728. The van der Waals surface area contributed by atoms with Gasteiger partial charge in [-0.2, -0.15) is 0 Å². The van der Waals surface area contributed by atoms with E-state index in [0.29, 0.717) is 5.75 Å². The van der Waals surface area contributed by atoms with Crippen LogP contribution in [0, 0.1) is 6.92 Å². The van der Waals surface area contributed by atoms with E-state index < -0.39 is 28.5 Å². The van der Waals surface area contributed by atoms with E-state index in [0.717, 1.165) is 21.9 Å². The highest BCUT2D eigenvalue weighted by molar-refractivity contribution is 7.92. The van der Waals surface area contributed by atoms with Crippen LogP contribution < -0.4 is 19.1 Å². The largest absolute Gasteiger partial charge is 0.497 e. The van der Waals surface area contributed by atoms with E-state index in [-0.39, 0.29) is 34.8 Å². The van der Waals surface area contributed by atoms with E-state index in [1.165, 1.54) is 31.3 Å². The molecule has 0 saturated carbocycles. The standard InChI is InChI=1S/C31H39N3O6S/c1-7-23(3)32-31(36)24(4)33(20-25-13-9-8-12-22(25)2)30(35)21-34(28-14-10-11-15-29(28)40-6)41(37,38)27-18-16-26(39-5)17-19-27/h8-19,23-24H,7,20-21H2,1-6H3,(H,32,36)/t23-,24+/m0/s1. The van der Waals surface area contributed by atoms with E-state index in [1.807, 2.05) is 45.0 Å². The van der Waals surface area contributed by atoms with Crippen LogP contribution in [0.1, 0.15) is 38.3 Å². The van der Waals surface area contributed by atoms with Crippen LogP contribution in [0.3, 0.4) is 0 Å². The molecule has 3 rings (SSSR count). The number of nitrogens with one attached hydrogen (secondary N) is 1. The average Bonchev–Trinajstić information content (AvgIpc) is 2.98. The van der Waals surface area contributed by atoms with Crippen molar-refractivity contribution < 1.29 is 27.5 Å². The van der Waals surface area contributed by atoms with Gasteiger partial charge in [0.25, 0.3) is 10.0 Å². The molecule has 2 atom stereocenters. The zero-order chi connectivity index (χ0) is 30.2. The van der Waals surface area contributed by atoms with Gasteiger partial charge in [0.05, 0.1) is 24.8 Å². The molecule has 0 aliphatic carbocycles. The van der Waals surface area contributed by atoms with E-state index in [2.05, 4.69) is 5.32 Å². The number of hydrogen-bond acceptors (Lipinski definition) is 6. The molecule has 0 aliphatic rings. The second-order valence-corrected chi connectivity index (χ2v) is 11.7. The van der Waals surface area contributed by atoms with E-state index >= 15 is 0 Å². The molecule has 0 unspecified atom stereocenters. The fourth-order valence-electron chi connectivity index (χ4n) is 4.24. The Kier molecular flexibility index (Phi) is 10.8. The van der Waals surface area contributed by atoms with Crippen molar-refractivity contribution >= 4 is 27.5 Å². The van der Waals surface area contributed by atoms with Crippen LogP contribution in [-0.2, 0) is 26.2 Å². The lowest BCUT2D eigenvalue weighted by Crippen LogP contribution is -2.52. The highest BCUT2D eigenvalue weighted by Crippen LogP contribution is 2.33. The zero-order valence-corrected chi connectivity index (χ0v) is 25.3. The Morgan fingerprint density at radius 3 is 2.15 bits per heavy atom. The molecule has 1 N–H and O–H groups in total. The third-order valence-electron chi connectivity index (χ3n) is 7.05. The fraction of sp³-hybridized carbons (Fsp3) is 0.355. The van der Waals surface area contributed by atoms with Crippen molar-refractivity contribution in [3.8, 4) is 11.5 Å². The minimum atomic E-state index is -4.24. The van der Waals surface area contributed by atoms with Gasteiger partial charge in [0.15, 0.2) is 0 Å². The first-order chi connectivity index (χ1) is 19.5. The molecule has 0 spiro atoms. The van der Waals surface area contributed by atoms with Gasteiger partial charge in [0.1, 0.15) is 24.1 Å². The Hall–Kier alpha value is -4.05. The first-order valence-corrected chi connectivity index (χ1v) is 14.9. The quantitative estimate of drug-likeness (QED) is 0.318. The molecule has 3 aromatic rings. The lowest BCUT2D eigenvalue weighted by atomic mass is 10.1. The average molecular weight is 582 g/mol. The molecular weight excluding hydrogens is 542 g/mol. The monoisotopic (exact) mass is 581 g/mol. The molecule has 220 valence electrons. The number of ether oxygens (including phenoxy) is 2. The summed E-state index contributed by atoms with van der Waals surface area (Å²) in [5.74, 6) is -0.0778. The normalized spacial score (nSPS) is 12.6. The molecule has 0 fully saturated rings. The molecule has 0 bridgehead atoms. The summed E-state index contributed by atoms with van der Waals surface area (Å²) >= 11 is 0. The maximum absolute atomic E-state index is 14.1. The Morgan fingerprint density at radius 2 is 1.54 bits per heavy atom. The predicted octanol–water partition coefficient (Wildman–Crippen LogP) is 4.54. The summed E-state index contributed by atoms with van der Waals surface area (Å²) < 4.78 is 39.8. The number of rotatable bonds is 13. The minimum Gasteiger partial charge on any atom is -0.497 e. The van der Waals surface area contributed by atoms with Crippen molar-refractivity contribution in [3.63, 3.8) is 0 Å². The van der Waals surface area contributed by atoms with Gasteiger partial charge < -0.3 is 19.7 Å². The second kappa shape index (κ2) is 14.0. The maximum atomic E-state index is 14.1. The lowest BCUT2D eigenvalue weighted by Gasteiger charge is -2.33. The third kappa shape index (κ3) is 7.58. The first-order valence-electron chi connectivity index (χ1n) is 13.5. The fourth-order valence-corrected chi connectivity index (χ4v) is 5.67. The number of hydrogen-bond donors (Lipinski definition) is 1. The molecule has 9 nitrogen and oxygen atoms in total. The molecule has 0 saturated heterocycles. The van der Waals surface area contributed by atoms with E-state index in [4.69, 9.17) is 9.47 Å². The molecule has 2 amide bonds. The molecule has 3 aromatic carbocycles. The maximum Gasteiger partial charge on any atom is 0.264 e. The van der Waals surface area contributed by atoms with Gasteiger partial charge in [0.2, 0.25) is 11.8 Å². The minimum absolute atomic E-state index is 0.0231. The van der Waals surface area contributed by atoms with Crippen molar-refractivity contribution in [2.45, 2.75) is 57.6 Å². The summed E-state index contributed by atoms with van der Waals surface area (Å²) in [6.45, 7) is 7.00. The number of aryl methyl sites for hydroxylation is 1. The molecule has 0 aliphatic heterocycles. The summed E-state index contributed by atoms with van der Waals surface area (Å²) in [5.41, 5.74) is 2.00. The van der Waals surface area contributed by atoms with Crippen molar-refractivity contribution in [3.05, 3.63) is 83.9 Å². The SMILES string of the molecule is CC[C@H](C)NC(=O)[C@@H](C)N(Cc1ccccc1C)C(=O)CN(c1ccccc1OC)S(=O)(=O)c1ccc(OC)cc1. The lowest BCUT2D eigenvalue weighted by molar-refractivity contribution is -0.139. The van der Waals surface area contributed by atoms with Gasteiger partial charge in [-0.3, -0.25) is 13.9 Å². The van der Waals surface area contributed by atoms with Crippen LogP contribution in [0.2, 0.25) is 0 Å². The second-order valence-electron chi connectivity index (χ2n) is 9.80. The zero-order valence-electron chi connectivity index (χ0n) is 24.5. The van der Waals surface area contributed by atoms with E-state index in [9.17, 15) is 18.0 Å². The van der Waals surface area contributed by atoms with Gasteiger partial charge in [-0.25, -0.2) is 8.42 Å². The smallest absolute Gasteiger partial charge is 0.264 e. The number of anilines is 1. The molecule has 0 aromatic heterocycles. The first kappa shape index (κ1) is 31.5. The Labute approximate surface area is 243 Å². The van der Waals surface area contributed by atoms with Gasteiger partial charge in [0, 0.05) is 12.6 Å². The molecular formula is C31H39N3O6S. The Bertz CT molecular complexity index is 1440. The van der Waals surface area contributed by atoms with Gasteiger partial charge in [-0.15, -0.1) is 0 Å². The molecule has 41 heavy (non-hydrogen) atoms. The van der Waals surface area contributed by atoms with Crippen molar-refractivity contribution in [1.82, 2.24) is 10.2 Å². The van der Waals surface area contributed by atoms with Crippen molar-refractivity contribution in [2.24, 2.45) is 0 Å². The summed E-state index contributed by atoms with van der Waals surface area (Å²) in [5, 5.41) is 2.94. The number of carbonyl (C=O) groups is 2. The summed E-state index contributed by atoms with van der Waals surface area (Å²) in [6, 6.07) is 19.2. The number of methoxy groups -OCH3 is 2. The number of amides is 2. The van der Waals surface area contributed by atoms with E-state index in [1.54, 1.807) is 43.3 Å². The van der Waals surface area contributed by atoms with Gasteiger partial charge >= 0.3 is 0 Å². The Morgan fingerprint density at radius 1 is 0.902 bits per heavy atom. The van der Waals surface area contributed by atoms with Gasteiger partial charge in [-0.1, -0.05) is 43.3 Å². The van der Waals surface area contributed by atoms with Crippen LogP contribution in [0.25, 0.3) is 0 Å². The van der Waals surface area contributed by atoms with Crippen LogP contribution in [0.4, 0.5) is 5.69 Å². The van der Waals surface area contributed by atoms with Crippen LogP contribution in [0.5, 0.6) is 11.5 Å². The number of benzene rings is 3. The topological polar surface area (TPSA) is 105 Å². The summed E-state index contributed by atoms with van der Waals surface area (Å²) in [4.78, 5) is 28.7.